The molecule has 0 spiro atoms. The maximum atomic E-state index is 11.4. The van der Waals surface area contributed by atoms with E-state index < -0.39 is 6.10 Å². The first-order valence-electron chi connectivity index (χ1n) is 5.84. The van der Waals surface area contributed by atoms with Gasteiger partial charge in [-0.2, -0.15) is 0 Å². The number of hydrogen-bond donors (Lipinski definition) is 2. The normalized spacial score (nSPS) is 12.4. The van der Waals surface area contributed by atoms with Crippen molar-refractivity contribution >= 4 is 5.91 Å². The summed E-state index contributed by atoms with van der Waals surface area (Å²) in [6.45, 7) is 4.41. The van der Waals surface area contributed by atoms with Crippen LogP contribution in [0.2, 0.25) is 0 Å². The van der Waals surface area contributed by atoms with Crippen molar-refractivity contribution in [2.45, 2.75) is 32.3 Å². The van der Waals surface area contributed by atoms with Gasteiger partial charge < -0.3 is 20.5 Å². The number of carbonyl (C=O) groups is 1. The van der Waals surface area contributed by atoms with Crippen LogP contribution in [0.25, 0.3) is 0 Å². The number of hydrogen-bond acceptors (Lipinski definition) is 4. The zero-order chi connectivity index (χ0) is 12.2. The molecule has 0 radical (unpaired) electrons. The number of nitrogens with one attached hydrogen (secondary N) is 1. The lowest BCUT2D eigenvalue weighted by atomic mass is 10.3. The van der Waals surface area contributed by atoms with Crippen LogP contribution in [0.15, 0.2) is 0 Å². The molecule has 0 saturated heterocycles. The van der Waals surface area contributed by atoms with Crippen LogP contribution < -0.4 is 11.1 Å². The minimum Gasteiger partial charge on any atom is -0.381 e. The number of rotatable bonds is 10. The van der Waals surface area contributed by atoms with Gasteiger partial charge >= 0.3 is 0 Å². The smallest absolute Gasteiger partial charge is 0.250 e. The third kappa shape index (κ3) is 7.62. The molecule has 0 aliphatic rings. The fourth-order valence-electron chi connectivity index (χ4n) is 1.16. The average Bonchev–Trinajstić information content (AvgIpc) is 2.29. The van der Waals surface area contributed by atoms with Crippen molar-refractivity contribution in [3.05, 3.63) is 0 Å². The molecule has 5 heteroatoms. The second-order valence-electron chi connectivity index (χ2n) is 3.57. The number of amides is 1. The molecule has 0 aliphatic carbocycles. The van der Waals surface area contributed by atoms with Crippen molar-refractivity contribution in [1.29, 1.82) is 0 Å². The van der Waals surface area contributed by atoms with Crippen molar-refractivity contribution < 1.29 is 14.3 Å². The van der Waals surface area contributed by atoms with Crippen molar-refractivity contribution in [3.63, 3.8) is 0 Å². The topological polar surface area (TPSA) is 73.6 Å². The average molecular weight is 232 g/mol. The predicted octanol–water partition coefficient (Wildman–Crippen LogP) is 0.283. The molecule has 0 saturated carbocycles. The zero-order valence-electron chi connectivity index (χ0n) is 10.3. The predicted molar refractivity (Wildman–Crippen MR) is 63.2 cm³/mol. The molecule has 16 heavy (non-hydrogen) atoms. The Labute approximate surface area is 97.7 Å². The number of methoxy groups -OCH3 is 1. The van der Waals surface area contributed by atoms with Crippen LogP contribution in [0, 0.1) is 0 Å². The van der Waals surface area contributed by atoms with Gasteiger partial charge in [0.25, 0.3) is 0 Å². The van der Waals surface area contributed by atoms with E-state index in [-0.39, 0.29) is 12.5 Å². The van der Waals surface area contributed by atoms with E-state index >= 15 is 0 Å². The lowest BCUT2D eigenvalue weighted by Crippen LogP contribution is -2.41. The fourth-order valence-corrected chi connectivity index (χ4v) is 1.16. The van der Waals surface area contributed by atoms with Crippen LogP contribution in [0.3, 0.4) is 0 Å². The highest BCUT2D eigenvalue weighted by Crippen LogP contribution is 1.90. The molecule has 3 N–H and O–H groups in total. The minimum atomic E-state index is -0.541. The molecule has 0 aromatic rings. The summed E-state index contributed by atoms with van der Waals surface area (Å²) in [5.41, 5.74) is 5.36. The van der Waals surface area contributed by atoms with Crippen molar-refractivity contribution in [3.8, 4) is 0 Å². The van der Waals surface area contributed by atoms with Crippen LogP contribution in [-0.2, 0) is 14.3 Å². The van der Waals surface area contributed by atoms with Gasteiger partial charge in [0, 0.05) is 33.4 Å². The Morgan fingerprint density at radius 3 is 2.62 bits per heavy atom. The molecule has 0 rings (SSSR count). The Kier molecular flexibility index (Phi) is 10.4. The number of ether oxygens (including phenoxy) is 2. The lowest BCUT2D eigenvalue weighted by Gasteiger charge is -2.12. The summed E-state index contributed by atoms with van der Waals surface area (Å²) in [7, 11) is 1.48. The van der Waals surface area contributed by atoms with E-state index in [0.717, 1.165) is 25.9 Å². The summed E-state index contributed by atoms with van der Waals surface area (Å²) in [6, 6.07) is 0. The van der Waals surface area contributed by atoms with Gasteiger partial charge in [0.1, 0.15) is 6.10 Å². The Balaban J connectivity index is 3.33. The van der Waals surface area contributed by atoms with E-state index in [4.69, 9.17) is 15.2 Å². The van der Waals surface area contributed by atoms with Crippen molar-refractivity contribution in [2.24, 2.45) is 5.73 Å². The van der Waals surface area contributed by atoms with Crippen LogP contribution in [0.1, 0.15) is 26.2 Å². The minimum absolute atomic E-state index is 0.154. The molecular formula is C11H24N2O3. The number of carbonyl (C=O) groups excluding carboxylic acids is 1. The Bertz CT molecular complexity index is 173. The first kappa shape index (κ1) is 15.3. The maximum Gasteiger partial charge on any atom is 0.250 e. The SMILES string of the molecule is CCCCOCCCNC(=O)C(CN)OC. The standard InChI is InChI=1S/C11H24N2O3/c1-3-4-7-16-8-5-6-13-11(14)10(9-12)15-2/h10H,3-9,12H2,1-2H3,(H,13,14). The van der Waals surface area contributed by atoms with Gasteiger partial charge in [-0.1, -0.05) is 13.3 Å². The Morgan fingerprint density at radius 2 is 2.06 bits per heavy atom. The summed E-state index contributed by atoms with van der Waals surface area (Å²) in [4.78, 5) is 11.4. The van der Waals surface area contributed by atoms with Gasteiger partial charge in [0.2, 0.25) is 5.91 Å². The Hall–Kier alpha value is -0.650. The van der Waals surface area contributed by atoms with E-state index in [9.17, 15) is 4.79 Å². The summed E-state index contributed by atoms with van der Waals surface area (Å²) in [5, 5.41) is 2.75. The molecule has 1 amide bonds. The molecule has 5 nitrogen and oxygen atoms in total. The highest BCUT2D eigenvalue weighted by atomic mass is 16.5. The van der Waals surface area contributed by atoms with Gasteiger partial charge in [0.05, 0.1) is 0 Å². The zero-order valence-corrected chi connectivity index (χ0v) is 10.3. The summed E-state index contributed by atoms with van der Waals surface area (Å²) in [5.74, 6) is -0.154. The molecule has 0 bridgehead atoms. The summed E-state index contributed by atoms with van der Waals surface area (Å²) >= 11 is 0. The third-order valence-electron chi connectivity index (χ3n) is 2.20. The van der Waals surface area contributed by atoms with Gasteiger partial charge in [-0.25, -0.2) is 0 Å². The monoisotopic (exact) mass is 232 g/mol. The van der Waals surface area contributed by atoms with Crippen molar-refractivity contribution in [2.75, 3.05) is 33.4 Å². The molecule has 1 unspecified atom stereocenters. The summed E-state index contributed by atoms with van der Waals surface area (Å²) in [6.07, 6.45) is 2.51. The molecule has 0 fully saturated rings. The quantitative estimate of drug-likeness (QED) is 0.531. The van der Waals surface area contributed by atoms with Crippen LogP contribution in [0.4, 0.5) is 0 Å². The van der Waals surface area contributed by atoms with Crippen LogP contribution in [0.5, 0.6) is 0 Å². The fraction of sp³-hybridized carbons (Fsp3) is 0.909. The molecule has 0 aromatic carbocycles. The maximum absolute atomic E-state index is 11.4. The molecule has 0 aromatic heterocycles. The molecule has 96 valence electrons. The lowest BCUT2D eigenvalue weighted by molar-refractivity contribution is -0.130. The highest BCUT2D eigenvalue weighted by molar-refractivity contribution is 5.80. The second kappa shape index (κ2) is 10.9. The van der Waals surface area contributed by atoms with E-state index in [0.29, 0.717) is 13.2 Å². The van der Waals surface area contributed by atoms with E-state index in [1.54, 1.807) is 0 Å². The molecule has 0 heterocycles. The summed E-state index contributed by atoms with van der Waals surface area (Å²) < 4.78 is 10.3. The third-order valence-corrected chi connectivity index (χ3v) is 2.20. The van der Waals surface area contributed by atoms with Gasteiger partial charge in [-0.3, -0.25) is 4.79 Å². The van der Waals surface area contributed by atoms with Crippen LogP contribution in [-0.4, -0.2) is 45.4 Å². The van der Waals surface area contributed by atoms with Gasteiger partial charge in [0.15, 0.2) is 0 Å². The molecule has 0 aliphatic heterocycles. The molecular weight excluding hydrogens is 208 g/mol. The van der Waals surface area contributed by atoms with Gasteiger partial charge in [-0.15, -0.1) is 0 Å². The largest absolute Gasteiger partial charge is 0.381 e. The van der Waals surface area contributed by atoms with Crippen LogP contribution >= 0.6 is 0 Å². The first-order chi connectivity index (χ1) is 7.76. The van der Waals surface area contributed by atoms with Gasteiger partial charge in [-0.05, 0) is 12.8 Å². The first-order valence-corrected chi connectivity index (χ1v) is 5.84. The number of nitrogens with two attached hydrogens (primary N) is 1. The van der Waals surface area contributed by atoms with E-state index in [2.05, 4.69) is 12.2 Å². The van der Waals surface area contributed by atoms with E-state index in [1.165, 1.54) is 7.11 Å². The Morgan fingerprint density at radius 1 is 1.38 bits per heavy atom. The molecule has 1 atom stereocenters. The van der Waals surface area contributed by atoms with Crippen molar-refractivity contribution in [1.82, 2.24) is 5.32 Å². The van der Waals surface area contributed by atoms with E-state index in [1.807, 2.05) is 0 Å². The second-order valence-corrected chi connectivity index (χ2v) is 3.57. The number of unbranched alkanes of at least 4 members (excludes halogenated alkanes) is 1. The highest BCUT2D eigenvalue weighted by Gasteiger charge is 2.14.